The van der Waals surface area contributed by atoms with Gasteiger partial charge in [0.2, 0.25) is 0 Å². The average molecular weight is 754 g/mol. The molecule has 0 aliphatic heterocycles. The molecule has 0 aromatic heterocycles. The van der Waals surface area contributed by atoms with E-state index in [9.17, 15) is 0 Å². The second-order valence-corrected chi connectivity index (χ2v) is 17.5. The van der Waals surface area contributed by atoms with Crippen LogP contribution in [0.5, 0.6) is 0 Å². The van der Waals surface area contributed by atoms with Crippen LogP contribution in [0.2, 0.25) is 0 Å². The van der Waals surface area contributed by atoms with E-state index in [4.69, 9.17) is 18.3 Å². The Labute approximate surface area is 330 Å². The van der Waals surface area contributed by atoms with Gasteiger partial charge in [-0.25, -0.2) is 9.46 Å². The highest BCUT2D eigenvalue weighted by Gasteiger charge is 2.20. The Bertz CT molecular complexity index is 568. The monoisotopic (exact) mass is 754 g/mol. The van der Waals surface area contributed by atoms with Gasteiger partial charge in [-0.15, -0.1) is 0 Å². The molecule has 0 aromatic carbocycles. The third-order valence-electron chi connectivity index (χ3n) is 10.9. The van der Waals surface area contributed by atoms with Crippen LogP contribution in [0.1, 0.15) is 284 Å². The maximum absolute atomic E-state index is 6.11. The first kappa shape index (κ1) is 52.1. The van der Waals surface area contributed by atoms with Gasteiger partial charge < -0.3 is 8.85 Å². The van der Waals surface area contributed by atoms with Crippen LogP contribution >= 0.6 is 0 Å². The zero-order valence-electron chi connectivity index (χ0n) is 36.2. The van der Waals surface area contributed by atoms with E-state index in [-0.39, 0.29) is 0 Å². The molecule has 5 heteroatoms. The fourth-order valence-corrected chi connectivity index (χ4v) is 8.24. The van der Waals surface area contributed by atoms with E-state index in [1.807, 2.05) is 0 Å². The summed E-state index contributed by atoms with van der Waals surface area (Å²) in [5, 5.41) is 0. The summed E-state index contributed by atoms with van der Waals surface area (Å²) in [4.78, 5) is 5.62. The van der Waals surface area contributed by atoms with Gasteiger partial charge in [0.15, 0.2) is 0 Å². The smallest absolute Gasteiger partial charge is 0.370 e. The van der Waals surface area contributed by atoms with Crippen LogP contribution in [-0.2, 0) is 18.3 Å². The molecule has 0 saturated heterocycles. The summed E-state index contributed by atoms with van der Waals surface area (Å²) >= 11 is 0. The van der Waals surface area contributed by atoms with Crippen molar-refractivity contribution in [3.63, 3.8) is 0 Å². The standard InChI is InChI=1S/C47H97O4Si/c1-4-7-10-13-16-19-21-23-25-27-29-31-34-37-40-43-46-49-52(51-48-45-42-39-36-33-18-15-12-9-6-3)50-47-44-41-38-35-32-30-28-26-24-22-20-17-14-11-8-5-2/h4-47H2,1-3H3. The van der Waals surface area contributed by atoms with Crippen molar-refractivity contribution in [1.82, 2.24) is 0 Å². The highest BCUT2D eigenvalue weighted by molar-refractivity contribution is 6.35. The molecule has 0 spiro atoms. The topological polar surface area (TPSA) is 36.9 Å². The van der Waals surface area contributed by atoms with Crippen LogP contribution in [0.25, 0.3) is 0 Å². The number of hydrogen-bond acceptors (Lipinski definition) is 4. The molecule has 4 nitrogen and oxygen atoms in total. The minimum Gasteiger partial charge on any atom is -0.370 e. The molecular weight excluding hydrogens is 657 g/mol. The van der Waals surface area contributed by atoms with Crippen LogP contribution in [0.4, 0.5) is 0 Å². The molecule has 52 heavy (non-hydrogen) atoms. The van der Waals surface area contributed by atoms with E-state index in [2.05, 4.69) is 20.8 Å². The van der Waals surface area contributed by atoms with Crippen molar-refractivity contribution >= 4 is 9.53 Å². The molecule has 313 valence electrons. The van der Waals surface area contributed by atoms with Crippen molar-refractivity contribution in [2.45, 2.75) is 284 Å². The van der Waals surface area contributed by atoms with E-state index in [0.29, 0.717) is 6.61 Å². The molecule has 0 saturated carbocycles. The zero-order valence-corrected chi connectivity index (χ0v) is 37.2. The Balaban J connectivity index is 3.88. The Morgan fingerprint density at radius 1 is 0.231 bits per heavy atom. The van der Waals surface area contributed by atoms with E-state index in [0.717, 1.165) is 32.5 Å². The Hall–Kier alpha value is 0.0569. The molecule has 0 aliphatic rings. The van der Waals surface area contributed by atoms with Crippen molar-refractivity contribution in [3.05, 3.63) is 0 Å². The molecule has 0 rings (SSSR count). The quantitative estimate of drug-likeness (QED) is 0.0268. The molecule has 0 unspecified atom stereocenters. The van der Waals surface area contributed by atoms with Crippen LogP contribution in [0.15, 0.2) is 0 Å². The second kappa shape index (κ2) is 49.1. The lowest BCUT2D eigenvalue weighted by atomic mass is 10.0. The highest BCUT2D eigenvalue weighted by Crippen LogP contribution is 2.16. The maximum Gasteiger partial charge on any atom is 0.607 e. The molecule has 0 atom stereocenters. The summed E-state index contributed by atoms with van der Waals surface area (Å²) in [5.74, 6) is 0. The van der Waals surface area contributed by atoms with Crippen LogP contribution in [-0.4, -0.2) is 29.3 Å². The third kappa shape index (κ3) is 46.2. The van der Waals surface area contributed by atoms with E-state index in [1.54, 1.807) is 0 Å². The molecule has 0 N–H and O–H groups in total. The van der Waals surface area contributed by atoms with Gasteiger partial charge in [0.25, 0.3) is 0 Å². The first-order chi connectivity index (χ1) is 25.8. The molecule has 1 radical (unpaired) electrons. The zero-order chi connectivity index (χ0) is 37.5. The number of hydrogen-bond donors (Lipinski definition) is 0. The molecule has 0 fully saturated rings. The second-order valence-electron chi connectivity index (χ2n) is 16.3. The van der Waals surface area contributed by atoms with Crippen LogP contribution in [0, 0.1) is 0 Å². The fourth-order valence-electron chi connectivity index (χ4n) is 7.26. The molecule has 0 aliphatic carbocycles. The van der Waals surface area contributed by atoms with E-state index < -0.39 is 9.53 Å². The first-order valence-electron chi connectivity index (χ1n) is 24.3. The van der Waals surface area contributed by atoms with Crippen LogP contribution in [0.3, 0.4) is 0 Å². The number of unbranched alkanes of at least 4 members (excludes halogenated alkanes) is 38. The maximum atomic E-state index is 6.11. The SMILES string of the molecule is CCCCCCCCCCCCCCCCCCO[Si](OCCCCCCCCCCCCCCCCCC)OOCCCCCCCCCCC. The van der Waals surface area contributed by atoms with Gasteiger partial charge in [-0.2, -0.15) is 0 Å². The summed E-state index contributed by atoms with van der Waals surface area (Å²) < 4.78 is 18.0. The largest absolute Gasteiger partial charge is 0.607 e. The summed E-state index contributed by atoms with van der Waals surface area (Å²) in [6, 6.07) is 0. The Morgan fingerprint density at radius 3 is 0.654 bits per heavy atom. The summed E-state index contributed by atoms with van der Waals surface area (Å²) in [6.45, 7) is 8.99. The summed E-state index contributed by atoms with van der Waals surface area (Å²) in [6.07, 6.45) is 56.2. The van der Waals surface area contributed by atoms with Crippen molar-refractivity contribution in [3.8, 4) is 0 Å². The summed E-state index contributed by atoms with van der Waals surface area (Å²) in [5.41, 5.74) is 0. The lowest BCUT2D eigenvalue weighted by molar-refractivity contribution is -0.241. The van der Waals surface area contributed by atoms with Crippen molar-refractivity contribution in [2.75, 3.05) is 19.8 Å². The normalized spacial score (nSPS) is 11.8. The predicted octanol–water partition coefficient (Wildman–Crippen LogP) is 17.0. The Kier molecular flexibility index (Phi) is 49.1. The minimum atomic E-state index is -1.82. The molecule has 0 aromatic rings. The first-order valence-corrected chi connectivity index (χ1v) is 25.5. The molecule has 0 amide bonds. The number of rotatable bonds is 48. The van der Waals surface area contributed by atoms with Crippen molar-refractivity contribution in [2.24, 2.45) is 0 Å². The van der Waals surface area contributed by atoms with Gasteiger partial charge in [0, 0.05) is 13.2 Å². The van der Waals surface area contributed by atoms with Gasteiger partial charge in [-0.1, -0.05) is 265 Å². The van der Waals surface area contributed by atoms with Crippen molar-refractivity contribution in [1.29, 1.82) is 0 Å². The average Bonchev–Trinajstić information content (AvgIpc) is 3.15. The lowest BCUT2D eigenvalue weighted by Gasteiger charge is -2.14. The molecule has 0 bridgehead atoms. The minimum absolute atomic E-state index is 0.648. The van der Waals surface area contributed by atoms with E-state index in [1.165, 1.54) is 244 Å². The van der Waals surface area contributed by atoms with Gasteiger partial charge in [0.1, 0.15) is 0 Å². The molecule has 0 heterocycles. The van der Waals surface area contributed by atoms with Gasteiger partial charge >= 0.3 is 9.53 Å². The summed E-state index contributed by atoms with van der Waals surface area (Å²) in [7, 11) is -1.82. The Morgan fingerprint density at radius 2 is 0.423 bits per heavy atom. The highest BCUT2D eigenvalue weighted by atomic mass is 28.3. The third-order valence-corrected chi connectivity index (χ3v) is 12.0. The molecular formula is C47H97O4Si. The van der Waals surface area contributed by atoms with Gasteiger partial charge in [0.05, 0.1) is 6.61 Å². The van der Waals surface area contributed by atoms with Gasteiger partial charge in [-0.3, -0.25) is 0 Å². The fraction of sp³-hybridized carbons (Fsp3) is 1.00. The van der Waals surface area contributed by atoms with Gasteiger partial charge in [-0.05, 0) is 19.3 Å². The lowest BCUT2D eigenvalue weighted by Crippen LogP contribution is -2.28. The predicted molar refractivity (Wildman–Crippen MR) is 231 cm³/mol. The van der Waals surface area contributed by atoms with Crippen LogP contribution < -0.4 is 0 Å². The van der Waals surface area contributed by atoms with Crippen molar-refractivity contribution < 1.29 is 18.3 Å². The van der Waals surface area contributed by atoms with E-state index >= 15 is 0 Å².